The van der Waals surface area contributed by atoms with Gasteiger partial charge < -0.3 is 15.0 Å². The van der Waals surface area contributed by atoms with E-state index in [1.807, 2.05) is 12.1 Å². The summed E-state index contributed by atoms with van der Waals surface area (Å²) < 4.78 is 28.8. The van der Waals surface area contributed by atoms with Gasteiger partial charge in [0.05, 0.1) is 18.1 Å². The van der Waals surface area contributed by atoms with Crippen molar-refractivity contribution >= 4 is 38.8 Å². The molecule has 1 saturated heterocycles. The van der Waals surface area contributed by atoms with E-state index in [9.17, 15) is 8.42 Å². The zero-order valence-electron chi connectivity index (χ0n) is 16.0. The number of hydrogen-bond acceptors (Lipinski definition) is 9. The van der Waals surface area contributed by atoms with E-state index in [0.717, 1.165) is 35.9 Å². The standard InChI is InChI=1S/C18H21N7O3S2.3H2/c19-30(26,27)17-4-3-13(29-17)18-21-14(10-16(22-18)25-5-7-28-8-6-25)20-15-9-12(23-24-15)11-1-2-11;;;/h3-4,9-11H,1-2,5-8H2,(H2,19,26,27)(H2,20,21,22,23,24);3*1H. The van der Waals surface area contributed by atoms with Crippen LogP contribution < -0.4 is 15.4 Å². The number of H-pyrrole nitrogens is 1. The smallest absolute Gasteiger partial charge is 0.247 e. The Hall–Kier alpha value is -2.54. The molecule has 1 aliphatic carbocycles. The lowest BCUT2D eigenvalue weighted by Crippen LogP contribution is -2.36. The summed E-state index contributed by atoms with van der Waals surface area (Å²) in [5.74, 6) is 3.01. The first-order chi connectivity index (χ1) is 14.5. The zero-order chi connectivity index (χ0) is 20.7. The molecular formula is C18H27N7O3S2. The molecule has 0 radical (unpaired) electrons. The number of ether oxygens (including phenoxy) is 1. The third-order valence-electron chi connectivity index (χ3n) is 5.00. The molecule has 1 aliphatic heterocycles. The number of sulfonamides is 1. The first kappa shape index (κ1) is 19.4. The topological polar surface area (TPSA) is 139 Å². The molecule has 5 rings (SSSR count). The van der Waals surface area contributed by atoms with Gasteiger partial charge in [-0.1, -0.05) is 0 Å². The van der Waals surface area contributed by atoms with E-state index < -0.39 is 10.0 Å². The van der Waals surface area contributed by atoms with Crippen molar-refractivity contribution < 1.29 is 17.4 Å². The number of primary sulfonamides is 1. The minimum atomic E-state index is -3.77. The Morgan fingerprint density at radius 1 is 1.20 bits per heavy atom. The number of aromatic amines is 1. The van der Waals surface area contributed by atoms with Crippen LogP contribution in [0.15, 0.2) is 28.5 Å². The second-order valence-electron chi connectivity index (χ2n) is 7.31. The van der Waals surface area contributed by atoms with Crippen molar-refractivity contribution in [3.8, 4) is 10.7 Å². The third-order valence-corrected chi connectivity index (χ3v) is 7.52. The molecule has 0 unspecified atom stereocenters. The highest BCUT2D eigenvalue weighted by Crippen LogP contribution is 2.39. The quantitative estimate of drug-likeness (QED) is 0.518. The number of anilines is 3. The number of hydrogen-bond donors (Lipinski definition) is 3. The number of nitrogens with one attached hydrogen (secondary N) is 2. The molecule has 4 heterocycles. The van der Waals surface area contributed by atoms with Gasteiger partial charge >= 0.3 is 0 Å². The molecule has 10 nitrogen and oxygen atoms in total. The zero-order valence-corrected chi connectivity index (χ0v) is 17.7. The molecule has 0 amide bonds. The second kappa shape index (κ2) is 7.61. The van der Waals surface area contributed by atoms with Crippen molar-refractivity contribution in [2.45, 2.75) is 23.0 Å². The molecule has 2 aliphatic rings. The number of nitrogens with two attached hydrogens (primary N) is 1. The van der Waals surface area contributed by atoms with Gasteiger partial charge in [0.1, 0.15) is 15.8 Å². The van der Waals surface area contributed by atoms with Crippen LogP contribution in [0.25, 0.3) is 10.7 Å². The highest BCUT2D eigenvalue weighted by molar-refractivity contribution is 7.91. The number of aromatic nitrogens is 4. The van der Waals surface area contributed by atoms with Gasteiger partial charge in [0.25, 0.3) is 0 Å². The monoisotopic (exact) mass is 453 g/mol. The Morgan fingerprint density at radius 3 is 2.70 bits per heavy atom. The molecule has 164 valence electrons. The summed E-state index contributed by atoms with van der Waals surface area (Å²) in [6.45, 7) is 2.69. The summed E-state index contributed by atoms with van der Waals surface area (Å²) in [6.07, 6.45) is 2.37. The fraction of sp³-hybridized carbons (Fsp3) is 0.389. The molecular weight excluding hydrogens is 426 g/mol. The Morgan fingerprint density at radius 2 is 2.00 bits per heavy atom. The van der Waals surface area contributed by atoms with Gasteiger partial charge in [0.15, 0.2) is 11.6 Å². The van der Waals surface area contributed by atoms with Crippen LogP contribution in [0.2, 0.25) is 0 Å². The van der Waals surface area contributed by atoms with Crippen LogP contribution in [-0.2, 0) is 14.8 Å². The SMILES string of the molecule is NS(=O)(=O)c1ccc(-c2nc(Nc3cc(C4CC4)[nH]n3)cc(N3CCOCC3)n2)s1.[HH].[HH].[HH]. The first-order valence-electron chi connectivity index (χ1n) is 9.63. The summed E-state index contributed by atoms with van der Waals surface area (Å²) in [5.41, 5.74) is 1.12. The predicted molar refractivity (Wildman–Crippen MR) is 120 cm³/mol. The van der Waals surface area contributed by atoms with Gasteiger partial charge in [0, 0.05) is 41.1 Å². The lowest BCUT2D eigenvalue weighted by Gasteiger charge is -2.28. The average Bonchev–Trinajstić information content (AvgIpc) is 3.25. The largest absolute Gasteiger partial charge is 0.378 e. The fourth-order valence-corrected chi connectivity index (χ4v) is 4.95. The molecule has 3 aromatic rings. The molecule has 0 atom stereocenters. The minimum absolute atomic E-state index is 0. The van der Waals surface area contributed by atoms with Gasteiger partial charge in [0.2, 0.25) is 10.0 Å². The fourth-order valence-electron chi connectivity index (χ4n) is 3.29. The summed E-state index contributed by atoms with van der Waals surface area (Å²) in [7, 11) is -3.77. The van der Waals surface area contributed by atoms with Crippen LogP contribution in [0.5, 0.6) is 0 Å². The van der Waals surface area contributed by atoms with Crippen molar-refractivity contribution in [2.24, 2.45) is 5.14 Å². The van der Waals surface area contributed by atoms with E-state index in [-0.39, 0.29) is 8.49 Å². The first-order valence-corrected chi connectivity index (χ1v) is 12.0. The highest BCUT2D eigenvalue weighted by Gasteiger charge is 2.26. The summed E-state index contributed by atoms with van der Waals surface area (Å²) in [5, 5.41) is 15.9. The number of thiophene rings is 1. The lowest BCUT2D eigenvalue weighted by atomic mass is 10.3. The Bertz CT molecular complexity index is 1180. The van der Waals surface area contributed by atoms with Gasteiger partial charge in [-0.2, -0.15) is 5.10 Å². The maximum Gasteiger partial charge on any atom is 0.247 e. The molecule has 12 heteroatoms. The molecule has 0 spiro atoms. The van der Waals surface area contributed by atoms with Crippen LogP contribution in [0.3, 0.4) is 0 Å². The van der Waals surface area contributed by atoms with Gasteiger partial charge in [-0.05, 0) is 25.0 Å². The Balaban J connectivity index is 0.00000128. The van der Waals surface area contributed by atoms with Crippen LogP contribution >= 0.6 is 11.3 Å². The average molecular weight is 454 g/mol. The van der Waals surface area contributed by atoms with Crippen LogP contribution in [0.1, 0.15) is 28.7 Å². The van der Waals surface area contributed by atoms with E-state index >= 15 is 0 Å². The minimum Gasteiger partial charge on any atom is -0.378 e. The number of nitrogens with zero attached hydrogens (tertiary/aromatic N) is 4. The Labute approximate surface area is 182 Å². The third kappa shape index (κ3) is 4.17. The summed E-state index contributed by atoms with van der Waals surface area (Å²) in [6, 6.07) is 7.02. The van der Waals surface area contributed by atoms with E-state index in [1.165, 1.54) is 18.9 Å². The molecule has 3 aromatic heterocycles. The van der Waals surface area contributed by atoms with E-state index in [4.69, 9.17) is 9.88 Å². The molecule has 4 N–H and O–H groups in total. The van der Waals surface area contributed by atoms with Crippen LogP contribution in [0, 0.1) is 0 Å². The van der Waals surface area contributed by atoms with Gasteiger partial charge in [-0.25, -0.2) is 23.5 Å². The van der Waals surface area contributed by atoms with Crippen molar-refractivity contribution in [1.29, 1.82) is 0 Å². The van der Waals surface area contributed by atoms with E-state index in [2.05, 4.69) is 30.4 Å². The number of morpholine rings is 1. The normalized spacial score (nSPS) is 17.3. The predicted octanol–water partition coefficient (Wildman–Crippen LogP) is 2.77. The van der Waals surface area contributed by atoms with Crippen molar-refractivity contribution in [3.05, 3.63) is 30.0 Å². The molecule has 1 saturated carbocycles. The van der Waals surface area contributed by atoms with Crippen LogP contribution in [0.4, 0.5) is 17.5 Å². The van der Waals surface area contributed by atoms with Crippen molar-refractivity contribution in [1.82, 2.24) is 20.2 Å². The maximum absolute atomic E-state index is 11.7. The van der Waals surface area contributed by atoms with Gasteiger partial charge in [-0.15, -0.1) is 11.3 Å². The van der Waals surface area contributed by atoms with E-state index in [0.29, 0.717) is 41.5 Å². The summed E-state index contributed by atoms with van der Waals surface area (Å²) in [4.78, 5) is 12.0. The van der Waals surface area contributed by atoms with Gasteiger partial charge in [-0.3, -0.25) is 5.10 Å². The Kier molecular flexibility index (Phi) is 4.93. The van der Waals surface area contributed by atoms with Crippen molar-refractivity contribution in [2.75, 3.05) is 36.5 Å². The maximum atomic E-state index is 11.7. The second-order valence-corrected chi connectivity index (χ2v) is 10.2. The lowest BCUT2D eigenvalue weighted by molar-refractivity contribution is 0.122. The molecule has 0 aromatic carbocycles. The van der Waals surface area contributed by atoms with Crippen LogP contribution in [-0.4, -0.2) is 54.9 Å². The number of rotatable bonds is 6. The highest BCUT2D eigenvalue weighted by atomic mass is 32.2. The molecule has 0 bridgehead atoms. The molecule has 2 fully saturated rings. The van der Waals surface area contributed by atoms with E-state index in [1.54, 1.807) is 6.07 Å². The van der Waals surface area contributed by atoms with Crippen molar-refractivity contribution in [3.63, 3.8) is 0 Å². The molecule has 30 heavy (non-hydrogen) atoms. The summed E-state index contributed by atoms with van der Waals surface area (Å²) >= 11 is 1.05.